The molecule has 4 atom stereocenters. The Morgan fingerprint density at radius 3 is 0.931 bits per heavy atom. The van der Waals surface area contributed by atoms with Crippen LogP contribution in [0.4, 0.5) is 0 Å². The van der Waals surface area contributed by atoms with E-state index in [9.17, 15) is 19.2 Å². The van der Waals surface area contributed by atoms with Crippen molar-refractivity contribution in [3.8, 4) is 68.1 Å². The normalized spacial score (nSPS) is 12.7. The van der Waals surface area contributed by atoms with Crippen molar-refractivity contribution in [3.63, 3.8) is 0 Å². The van der Waals surface area contributed by atoms with Crippen molar-refractivity contribution >= 4 is 23.9 Å². The Bertz CT molecular complexity index is 6140. The van der Waals surface area contributed by atoms with E-state index in [0.717, 1.165) is 135 Å². The summed E-state index contributed by atoms with van der Waals surface area (Å²) < 4.78 is 30.6. The summed E-state index contributed by atoms with van der Waals surface area (Å²) in [5, 5.41) is 8.94. The second-order valence-electron chi connectivity index (χ2n) is 35.8. The lowest BCUT2D eigenvalue weighted by molar-refractivity contribution is 0.0591. The second kappa shape index (κ2) is 41.2. The second-order valence-corrected chi connectivity index (χ2v) is 35.8. The maximum atomic E-state index is 11.8. The molecule has 131 heavy (non-hydrogen) atoms. The lowest BCUT2D eigenvalue weighted by atomic mass is 9.70. The SMILES string of the molecule is COC(=O)c1ccc(C(C)(c2ccc(-c3ccc(-n4c(C)ccc4C)nn3)cc2)C(C)C)nc1.COC(=O)c1ccc(C(C)(c2ccc(-c3cnc(-n4c(C)ccc4C)nc3)cc2)C(C)C)nc1.COC(=O)c1ccc(C(c2ccc(-c3cnc(-n4c(C)ccc4C)nc3)cc2)C(C)(C)C)nc1.COC(=O)c1ccc(C(c2ccc(-c3cncc(OC)c3)cc2)C(C)(C)C)nc1. The van der Waals surface area contributed by atoms with Crippen molar-refractivity contribution in [1.29, 1.82) is 0 Å². The van der Waals surface area contributed by atoms with Crippen LogP contribution in [0.15, 0.2) is 262 Å². The van der Waals surface area contributed by atoms with Crippen molar-refractivity contribution in [2.45, 2.75) is 147 Å². The first kappa shape index (κ1) is 95.5. The van der Waals surface area contributed by atoms with Gasteiger partial charge in [-0.15, -0.1) is 10.2 Å². The molecule has 0 aliphatic carbocycles. The van der Waals surface area contributed by atoms with Gasteiger partial charge in [0.2, 0.25) is 11.9 Å². The van der Waals surface area contributed by atoms with Gasteiger partial charge in [0, 0.05) is 146 Å². The van der Waals surface area contributed by atoms with Crippen LogP contribution < -0.4 is 4.74 Å². The molecule has 672 valence electrons. The van der Waals surface area contributed by atoms with E-state index in [1.165, 1.54) is 28.4 Å². The molecule has 0 fully saturated rings. The minimum atomic E-state index is -0.385. The summed E-state index contributed by atoms with van der Waals surface area (Å²) in [4.78, 5) is 88.1. The predicted octanol–water partition coefficient (Wildman–Crippen LogP) is 22.4. The van der Waals surface area contributed by atoms with Crippen LogP contribution in [0.2, 0.25) is 0 Å². The number of rotatable bonds is 22. The number of ether oxygens (including phenoxy) is 5. The fourth-order valence-electron chi connectivity index (χ4n) is 16.5. The number of benzene rings is 4. The number of hydrogen-bond acceptors (Lipinski definition) is 20. The van der Waals surface area contributed by atoms with Gasteiger partial charge in [-0.25, -0.2) is 39.1 Å². The van der Waals surface area contributed by atoms with Crippen molar-refractivity contribution in [2.75, 3.05) is 35.5 Å². The Balaban J connectivity index is 0.000000158. The molecule has 0 aliphatic heterocycles. The molecule has 23 heteroatoms. The molecule has 0 saturated carbocycles. The average molecular weight is 1750 g/mol. The number of nitrogens with zero attached hydrogens (tertiary/aromatic N) is 14. The van der Waals surface area contributed by atoms with Crippen LogP contribution >= 0.6 is 0 Å². The highest BCUT2D eigenvalue weighted by Gasteiger charge is 2.37. The highest BCUT2D eigenvalue weighted by atomic mass is 16.5. The first-order valence-electron chi connectivity index (χ1n) is 43.6. The zero-order valence-corrected chi connectivity index (χ0v) is 79.1. The van der Waals surface area contributed by atoms with E-state index < -0.39 is 0 Å². The molecule has 23 nitrogen and oxygen atoms in total. The number of carbonyl (C=O) groups excluding carboxylic acids is 4. The topological polar surface area (TPSA) is 271 Å². The fourth-order valence-corrected chi connectivity index (χ4v) is 16.5. The van der Waals surface area contributed by atoms with Crippen LogP contribution in [0.5, 0.6) is 5.75 Å². The first-order chi connectivity index (χ1) is 62.5. The molecule has 0 spiro atoms. The van der Waals surface area contributed by atoms with Gasteiger partial charge in [0.15, 0.2) is 5.82 Å². The van der Waals surface area contributed by atoms with Crippen molar-refractivity contribution in [2.24, 2.45) is 22.7 Å². The van der Waals surface area contributed by atoms with Crippen LogP contribution in [0, 0.1) is 64.2 Å². The van der Waals surface area contributed by atoms with Gasteiger partial charge in [-0.3, -0.25) is 34.1 Å². The molecule has 0 radical (unpaired) electrons. The molecule has 0 amide bonds. The minimum absolute atomic E-state index is 0.0567. The van der Waals surface area contributed by atoms with Crippen LogP contribution in [0.25, 0.3) is 62.4 Å². The number of methoxy groups -OCH3 is 5. The van der Waals surface area contributed by atoms with E-state index in [0.29, 0.717) is 34.2 Å². The molecule has 0 N–H and O–H groups in total. The molecule has 11 aromatic heterocycles. The summed E-state index contributed by atoms with van der Waals surface area (Å²) in [6.45, 7) is 38.6. The van der Waals surface area contributed by atoms with Gasteiger partial charge in [-0.2, -0.15) is 0 Å². The van der Waals surface area contributed by atoms with Crippen molar-refractivity contribution in [1.82, 2.24) is 68.8 Å². The maximum Gasteiger partial charge on any atom is 0.339 e. The molecule has 4 unspecified atom stereocenters. The lowest BCUT2D eigenvalue weighted by Crippen LogP contribution is -2.31. The fraction of sp³-hybridized carbons (Fsp3) is 0.287. The van der Waals surface area contributed by atoms with Gasteiger partial charge in [-0.1, -0.05) is 166 Å². The zero-order chi connectivity index (χ0) is 94.4. The maximum absolute atomic E-state index is 11.8. The molecule has 0 saturated heterocycles. The number of aryl methyl sites for hydroxylation is 6. The van der Waals surface area contributed by atoms with Crippen LogP contribution in [0.3, 0.4) is 0 Å². The van der Waals surface area contributed by atoms with E-state index in [2.05, 4.69) is 290 Å². The number of pyridine rings is 5. The van der Waals surface area contributed by atoms with E-state index in [-0.39, 0.29) is 69.2 Å². The molecule has 15 rings (SSSR count). The molecular formula is C108H116N14O9. The largest absolute Gasteiger partial charge is 0.495 e. The van der Waals surface area contributed by atoms with Crippen LogP contribution in [-0.4, -0.2) is 128 Å². The first-order valence-corrected chi connectivity index (χ1v) is 43.6. The Labute approximate surface area is 768 Å². The summed E-state index contributed by atoms with van der Waals surface area (Å²) >= 11 is 0. The van der Waals surface area contributed by atoms with Crippen LogP contribution in [-0.2, 0) is 29.8 Å². The Morgan fingerprint density at radius 1 is 0.305 bits per heavy atom. The smallest absolute Gasteiger partial charge is 0.339 e. The third-order valence-electron chi connectivity index (χ3n) is 24.6. The zero-order valence-electron chi connectivity index (χ0n) is 79.1. The lowest BCUT2D eigenvalue weighted by Gasteiger charge is -2.34. The summed E-state index contributed by atoms with van der Waals surface area (Å²) in [6.07, 6.45) is 17.3. The van der Waals surface area contributed by atoms with Gasteiger partial charge >= 0.3 is 23.9 Å². The predicted molar refractivity (Wildman–Crippen MR) is 513 cm³/mol. The number of hydrogen-bond donors (Lipinski definition) is 0. The third-order valence-corrected chi connectivity index (χ3v) is 24.6. The standard InChI is InChI=1S/3C28H30N4O2.C24H26N2O3/c1-18(2)28(5,25-15-11-22(17-29-25)27(33)34-6)23-12-9-21(10-13-23)24-14-16-26(31-30-24)32-19(3)7-8-20(32)4;1-18(2)28(5,25-14-11-22(15-29-25)26(33)34-6)24-12-9-21(10-13-24)23-16-30-27(31-17-23)32-19(3)7-8-20(32)4;1-18-7-8-19(2)32(18)27-30-16-23(17-31-27)20-9-11-21(12-10-20)25(28(3,4)5)24-14-13-22(15-29-24)26(33)34-6;1-24(2,3)22(21-11-10-18(14-26-21)23(27)29-5)17-8-6-16(7-9-17)19-12-20(28-4)15-25-13-19/h2*7-18H,1-6H3;7-17,25H,1-6H3;6-15,22H,1-5H3. The monoisotopic (exact) mass is 1750 g/mol. The van der Waals surface area contributed by atoms with E-state index in [1.807, 2.05) is 110 Å². The summed E-state index contributed by atoms with van der Waals surface area (Å²) in [7, 11) is 7.12. The van der Waals surface area contributed by atoms with Gasteiger partial charge in [0.05, 0.1) is 81.1 Å². The molecule has 0 aliphatic rings. The van der Waals surface area contributed by atoms with Gasteiger partial charge in [0.25, 0.3) is 0 Å². The number of carbonyl (C=O) groups is 4. The quantitative estimate of drug-likeness (QED) is 0.0450. The van der Waals surface area contributed by atoms with Gasteiger partial charge in [-0.05, 0) is 220 Å². The summed E-state index contributed by atoms with van der Waals surface area (Å²) in [6, 6.07) is 66.9. The highest BCUT2D eigenvalue weighted by molar-refractivity contribution is 5.90. The van der Waals surface area contributed by atoms with Gasteiger partial charge in [0.1, 0.15) is 5.75 Å². The van der Waals surface area contributed by atoms with Gasteiger partial charge < -0.3 is 28.3 Å². The minimum Gasteiger partial charge on any atom is -0.495 e. The molecule has 15 aromatic rings. The Kier molecular flexibility index (Phi) is 30.0. The highest BCUT2D eigenvalue weighted by Crippen LogP contribution is 2.45. The van der Waals surface area contributed by atoms with Crippen molar-refractivity contribution in [3.05, 3.63) is 364 Å². The van der Waals surface area contributed by atoms with Crippen molar-refractivity contribution < 1.29 is 42.9 Å². The molecule has 0 bridgehead atoms. The Morgan fingerprint density at radius 2 is 0.634 bits per heavy atom. The molecule has 11 heterocycles. The van der Waals surface area contributed by atoms with E-state index in [1.54, 1.807) is 62.4 Å². The molecular weight excluding hydrogens is 1640 g/mol. The Hall–Kier alpha value is -14.6. The number of esters is 4. The third kappa shape index (κ3) is 21.5. The average Bonchev–Trinajstić information content (AvgIpc) is 1.74. The van der Waals surface area contributed by atoms with Crippen LogP contribution in [0.1, 0.15) is 216 Å². The van der Waals surface area contributed by atoms with E-state index >= 15 is 0 Å². The summed E-state index contributed by atoms with van der Waals surface area (Å²) in [5.41, 5.74) is 23.9. The number of aromatic nitrogens is 14. The molecule has 4 aromatic carbocycles. The van der Waals surface area contributed by atoms with E-state index in [4.69, 9.17) is 23.7 Å². The summed E-state index contributed by atoms with van der Waals surface area (Å²) in [5.74, 6) is 2.06.